The number of amides is 1. The molecule has 0 radical (unpaired) electrons. The highest BCUT2D eigenvalue weighted by Crippen LogP contribution is 2.33. The third-order valence-electron chi connectivity index (χ3n) is 3.35. The summed E-state index contributed by atoms with van der Waals surface area (Å²) < 4.78 is 4.88. The van der Waals surface area contributed by atoms with Crippen molar-refractivity contribution in [1.29, 1.82) is 0 Å². The fraction of sp³-hybridized carbons (Fsp3) is 0.214. The van der Waals surface area contributed by atoms with Crippen LogP contribution >= 0.6 is 11.6 Å². The molecule has 1 N–H and O–H groups in total. The van der Waals surface area contributed by atoms with Crippen molar-refractivity contribution in [2.24, 2.45) is 0 Å². The minimum Gasteiger partial charge on any atom is -0.468 e. The first-order valence-electron chi connectivity index (χ1n) is 6.35. The van der Waals surface area contributed by atoms with E-state index in [0.717, 1.165) is 17.3 Å². The Morgan fingerprint density at radius 1 is 1.48 bits per heavy atom. The molecule has 1 aliphatic rings. The molecule has 0 saturated heterocycles. The van der Waals surface area contributed by atoms with E-state index >= 15 is 0 Å². The summed E-state index contributed by atoms with van der Waals surface area (Å²) in [6.07, 6.45) is 0.682. The van der Waals surface area contributed by atoms with Gasteiger partial charge in [-0.2, -0.15) is 4.98 Å². The number of methoxy groups -OCH3 is 1. The molecule has 0 fully saturated rings. The third kappa shape index (κ3) is 2.38. The Morgan fingerprint density at radius 3 is 3.05 bits per heavy atom. The fourth-order valence-electron chi connectivity index (χ4n) is 2.38. The maximum atomic E-state index is 12.6. The fourth-order valence-corrected chi connectivity index (χ4v) is 2.65. The predicted octanol–water partition coefficient (Wildman–Crippen LogP) is 1.63. The van der Waals surface area contributed by atoms with E-state index in [-0.39, 0.29) is 17.6 Å². The van der Waals surface area contributed by atoms with Gasteiger partial charge in [0.1, 0.15) is 5.69 Å². The lowest BCUT2D eigenvalue weighted by Crippen LogP contribution is -2.31. The quantitative estimate of drug-likeness (QED) is 0.915. The number of fused-ring (bicyclic) bond motifs is 1. The van der Waals surface area contributed by atoms with E-state index in [1.165, 1.54) is 7.11 Å². The van der Waals surface area contributed by atoms with Gasteiger partial charge in [-0.15, -0.1) is 0 Å². The zero-order valence-electron chi connectivity index (χ0n) is 11.2. The van der Waals surface area contributed by atoms with Crippen LogP contribution < -0.4 is 15.2 Å². The van der Waals surface area contributed by atoms with Crippen molar-refractivity contribution in [3.8, 4) is 6.01 Å². The van der Waals surface area contributed by atoms with E-state index < -0.39 is 5.56 Å². The van der Waals surface area contributed by atoms with Gasteiger partial charge in [-0.3, -0.25) is 14.6 Å². The second-order valence-electron chi connectivity index (χ2n) is 4.58. The molecule has 108 valence electrons. The van der Waals surface area contributed by atoms with Crippen LogP contribution in [0.25, 0.3) is 0 Å². The van der Waals surface area contributed by atoms with Gasteiger partial charge in [0.2, 0.25) is 0 Å². The smallest absolute Gasteiger partial charge is 0.296 e. The largest absolute Gasteiger partial charge is 0.468 e. The number of anilines is 1. The average molecular weight is 306 g/mol. The first-order valence-corrected chi connectivity index (χ1v) is 6.72. The number of aromatic amines is 1. The molecule has 1 aliphatic heterocycles. The molecule has 0 spiro atoms. The van der Waals surface area contributed by atoms with Crippen molar-refractivity contribution in [2.75, 3.05) is 18.6 Å². The monoisotopic (exact) mass is 305 g/mol. The van der Waals surface area contributed by atoms with Crippen LogP contribution in [0.2, 0.25) is 5.02 Å². The maximum absolute atomic E-state index is 12.6. The van der Waals surface area contributed by atoms with Gasteiger partial charge in [-0.25, -0.2) is 0 Å². The van der Waals surface area contributed by atoms with E-state index in [1.54, 1.807) is 17.0 Å². The molecule has 0 saturated carbocycles. The number of hydrogen-bond acceptors (Lipinski definition) is 4. The minimum absolute atomic E-state index is 0.0105. The van der Waals surface area contributed by atoms with Gasteiger partial charge in [0.25, 0.3) is 17.5 Å². The van der Waals surface area contributed by atoms with Gasteiger partial charge in [-0.1, -0.05) is 17.7 Å². The number of hydrogen-bond donors (Lipinski definition) is 1. The van der Waals surface area contributed by atoms with Crippen molar-refractivity contribution < 1.29 is 9.53 Å². The number of nitrogens with zero attached hydrogens (tertiary/aromatic N) is 2. The van der Waals surface area contributed by atoms with Gasteiger partial charge in [-0.05, 0) is 24.1 Å². The molecular weight excluding hydrogens is 294 g/mol. The average Bonchev–Trinajstić information content (AvgIpc) is 2.91. The van der Waals surface area contributed by atoms with Crippen LogP contribution in [0.15, 0.2) is 29.1 Å². The van der Waals surface area contributed by atoms with Crippen LogP contribution in [0.3, 0.4) is 0 Å². The number of ether oxygens (including phenoxy) is 1. The number of carbonyl (C=O) groups is 1. The van der Waals surface area contributed by atoms with Crippen LogP contribution in [0.4, 0.5) is 5.69 Å². The van der Waals surface area contributed by atoms with Crippen LogP contribution in [0, 0.1) is 0 Å². The number of H-pyrrole nitrogens is 1. The van der Waals surface area contributed by atoms with Crippen molar-refractivity contribution in [1.82, 2.24) is 9.97 Å². The molecule has 0 unspecified atom stereocenters. The Bertz CT molecular complexity index is 772. The van der Waals surface area contributed by atoms with Crippen molar-refractivity contribution >= 4 is 23.2 Å². The second-order valence-corrected chi connectivity index (χ2v) is 4.99. The number of nitrogens with one attached hydrogen (secondary N) is 1. The third-order valence-corrected chi connectivity index (χ3v) is 3.70. The highest BCUT2D eigenvalue weighted by molar-refractivity contribution is 6.32. The summed E-state index contributed by atoms with van der Waals surface area (Å²) in [5, 5.41) is 0.638. The Balaban J connectivity index is 2.00. The molecular formula is C14H12ClN3O3. The van der Waals surface area contributed by atoms with Gasteiger partial charge in [0.15, 0.2) is 0 Å². The zero-order chi connectivity index (χ0) is 15.0. The molecule has 1 aromatic heterocycles. The Morgan fingerprint density at radius 2 is 2.29 bits per heavy atom. The van der Waals surface area contributed by atoms with Gasteiger partial charge >= 0.3 is 0 Å². The van der Waals surface area contributed by atoms with Gasteiger partial charge in [0, 0.05) is 23.3 Å². The Hall–Kier alpha value is -2.34. The van der Waals surface area contributed by atoms with E-state index in [0.29, 0.717) is 18.0 Å². The summed E-state index contributed by atoms with van der Waals surface area (Å²) in [5.41, 5.74) is 1.30. The first kappa shape index (κ1) is 13.6. The van der Waals surface area contributed by atoms with Crippen LogP contribution in [-0.4, -0.2) is 29.5 Å². The number of carbonyl (C=O) groups excluding carboxylic acids is 1. The molecule has 7 heteroatoms. The summed E-state index contributed by atoms with van der Waals surface area (Å²) in [4.78, 5) is 32.0. The van der Waals surface area contributed by atoms with Gasteiger partial charge in [0.05, 0.1) is 7.11 Å². The van der Waals surface area contributed by atoms with E-state index in [2.05, 4.69) is 9.97 Å². The highest BCUT2D eigenvalue weighted by Gasteiger charge is 2.28. The first-order chi connectivity index (χ1) is 10.1. The maximum Gasteiger partial charge on any atom is 0.296 e. The highest BCUT2D eigenvalue weighted by atomic mass is 35.5. The minimum atomic E-state index is -0.435. The molecule has 0 aliphatic carbocycles. The van der Waals surface area contributed by atoms with E-state index in [9.17, 15) is 9.59 Å². The molecule has 1 aromatic carbocycles. The molecule has 6 nitrogen and oxygen atoms in total. The number of aromatic nitrogens is 2. The molecule has 2 aromatic rings. The normalized spacial score (nSPS) is 13.1. The van der Waals surface area contributed by atoms with Crippen LogP contribution in [0.5, 0.6) is 6.01 Å². The standard InChI is InChI=1S/C14H12ClN3O3/c1-21-14-16-10(7-12(19)17-14)13(20)18-6-5-8-9(15)3-2-4-11(8)18/h2-4,7H,5-6H2,1H3,(H,16,17,19). The summed E-state index contributed by atoms with van der Waals surface area (Å²) in [6.45, 7) is 0.509. The topological polar surface area (TPSA) is 75.3 Å². The molecule has 0 bridgehead atoms. The molecule has 2 heterocycles. The van der Waals surface area contributed by atoms with Crippen molar-refractivity contribution in [3.63, 3.8) is 0 Å². The lowest BCUT2D eigenvalue weighted by Gasteiger charge is -2.17. The van der Waals surface area contributed by atoms with E-state index in [1.807, 2.05) is 6.07 Å². The van der Waals surface area contributed by atoms with Crippen molar-refractivity contribution in [3.05, 3.63) is 50.9 Å². The van der Waals surface area contributed by atoms with Crippen molar-refractivity contribution in [2.45, 2.75) is 6.42 Å². The number of rotatable bonds is 2. The summed E-state index contributed by atoms with van der Waals surface area (Å²) in [5.74, 6) is -0.347. The molecule has 21 heavy (non-hydrogen) atoms. The van der Waals surface area contributed by atoms with Crippen LogP contribution in [0.1, 0.15) is 16.1 Å². The molecule has 0 atom stereocenters. The Labute approximate surface area is 125 Å². The summed E-state index contributed by atoms with van der Waals surface area (Å²) >= 11 is 6.13. The molecule has 1 amide bonds. The Kier molecular flexibility index (Phi) is 3.39. The summed E-state index contributed by atoms with van der Waals surface area (Å²) in [6, 6.07) is 6.59. The second kappa shape index (κ2) is 5.21. The molecule has 3 rings (SSSR count). The van der Waals surface area contributed by atoms with Crippen LogP contribution in [-0.2, 0) is 6.42 Å². The lowest BCUT2D eigenvalue weighted by atomic mass is 10.2. The van der Waals surface area contributed by atoms with Gasteiger partial charge < -0.3 is 9.64 Å². The summed E-state index contributed by atoms with van der Waals surface area (Å²) in [7, 11) is 1.37. The SMILES string of the molecule is COc1nc(C(=O)N2CCc3c(Cl)cccc32)cc(=O)[nH]1. The van der Waals surface area contributed by atoms with E-state index in [4.69, 9.17) is 16.3 Å². The number of halogens is 1. The predicted molar refractivity (Wildman–Crippen MR) is 78.2 cm³/mol. The zero-order valence-corrected chi connectivity index (χ0v) is 12.0. The number of benzene rings is 1. The lowest BCUT2D eigenvalue weighted by molar-refractivity contribution is 0.0983.